The predicted octanol–water partition coefficient (Wildman–Crippen LogP) is -0.935. The van der Waals surface area contributed by atoms with E-state index in [9.17, 15) is 18.6 Å². The number of nitrogens with two attached hydrogens (primary N) is 1. The van der Waals surface area contributed by atoms with Gasteiger partial charge in [0.2, 0.25) is 0 Å². The van der Waals surface area contributed by atoms with Crippen molar-refractivity contribution in [3.63, 3.8) is 0 Å². The highest BCUT2D eigenvalue weighted by molar-refractivity contribution is 7.84. The van der Waals surface area contributed by atoms with Crippen molar-refractivity contribution in [1.82, 2.24) is 19.5 Å². The number of benzene rings is 1. The fourth-order valence-corrected chi connectivity index (χ4v) is 3.36. The van der Waals surface area contributed by atoms with Crippen LogP contribution in [0.1, 0.15) is 17.5 Å². The summed E-state index contributed by atoms with van der Waals surface area (Å²) in [7, 11) is -4.22. The molecular weight excluding hydrogens is 414 g/mol. The van der Waals surface area contributed by atoms with E-state index in [0.29, 0.717) is 16.9 Å². The molecule has 12 heteroatoms. The van der Waals surface area contributed by atoms with Gasteiger partial charge >= 0.3 is 10.3 Å². The molecule has 0 spiro atoms. The molecule has 4 N–H and O–H groups in total. The molecule has 11 nitrogen and oxygen atoms in total. The maximum atomic E-state index is 11.0. The Kier molecular flexibility index (Phi) is 5.48. The third kappa shape index (κ3) is 4.17. The summed E-state index contributed by atoms with van der Waals surface area (Å²) in [6.45, 7) is -0.553. The average Bonchev–Trinajstić information content (AvgIpc) is 3.27. The fraction of sp³-hybridized carbons (Fsp3) is 0.278. The molecule has 2 unspecified atom stereocenters. The second kappa shape index (κ2) is 8.07. The molecule has 0 saturated carbocycles. The molecule has 1 aliphatic heterocycles. The van der Waals surface area contributed by atoms with Crippen LogP contribution in [-0.4, -0.2) is 63.1 Å². The number of hydrogen-bond donors (Lipinski definition) is 3. The lowest BCUT2D eigenvalue weighted by Crippen LogP contribution is -2.35. The number of ether oxygens (including phenoxy) is 1. The first-order valence-corrected chi connectivity index (χ1v) is 10.2. The van der Waals surface area contributed by atoms with Crippen LogP contribution >= 0.6 is 0 Å². The summed E-state index contributed by atoms with van der Waals surface area (Å²) in [5.41, 5.74) is 1.89. The van der Waals surface area contributed by atoms with Gasteiger partial charge in [-0.2, -0.15) is 8.42 Å². The maximum Gasteiger partial charge on any atom is 0.333 e. The van der Waals surface area contributed by atoms with Crippen LogP contribution in [0.5, 0.6) is 0 Å². The quantitative estimate of drug-likeness (QED) is 0.443. The van der Waals surface area contributed by atoms with Crippen LogP contribution in [0.4, 0.5) is 0 Å². The molecule has 3 heterocycles. The van der Waals surface area contributed by atoms with Crippen molar-refractivity contribution in [2.45, 2.75) is 24.5 Å². The summed E-state index contributed by atoms with van der Waals surface area (Å²) >= 11 is 0. The summed E-state index contributed by atoms with van der Waals surface area (Å²) in [5, 5.41) is 25.3. The van der Waals surface area contributed by atoms with Crippen LogP contribution < -0.4 is 5.14 Å². The lowest BCUT2D eigenvalue weighted by molar-refractivity contribution is -0.0467. The number of imidazole rings is 1. The van der Waals surface area contributed by atoms with E-state index >= 15 is 0 Å². The molecular formula is C18H17N5O6S. The van der Waals surface area contributed by atoms with E-state index in [1.165, 1.54) is 17.2 Å². The van der Waals surface area contributed by atoms with Crippen molar-refractivity contribution in [2.75, 3.05) is 6.61 Å². The summed E-state index contributed by atoms with van der Waals surface area (Å²) < 4.78 is 33.4. The fourth-order valence-electron chi connectivity index (χ4n) is 3.04. The molecule has 156 valence electrons. The SMILES string of the molecule is NS(=O)(=O)OC[C@H]1OC(n2cnc3c(C#Cc4ccccc4)ncnc32)C(O)[C@@H]1O. The van der Waals surface area contributed by atoms with E-state index < -0.39 is 41.5 Å². The van der Waals surface area contributed by atoms with Crippen LogP contribution in [-0.2, 0) is 19.2 Å². The lowest BCUT2D eigenvalue weighted by atomic mass is 10.1. The number of fused-ring (bicyclic) bond motifs is 1. The molecule has 0 radical (unpaired) electrons. The zero-order valence-electron chi connectivity index (χ0n) is 15.4. The second-order valence-corrected chi connectivity index (χ2v) is 7.71. The Morgan fingerprint density at radius 1 is 1.13 bits per heavy atom. The van der Waals surface area contributed by atoms with Crippen molar-refractivity contribution in [2.24, 2.45) is 5.14 Å². The second-order valence-electron chi connectivity index (χ2n) is 6.49. The van der Waals surface area contributed by atoms with Gasteiger partial charge in [-0.15, -0.1) is 0 Å². The predicted molar refractivity (Wildman–Crippen MR) is 103 cm³/mol. The molecule has 0 aliphatic carbocycles. The first-order chi connectivity index (χ1) is 14.3. The molecule has 4 atom stereocenters. The van der Waals surface area contributed by atoms with Gasteiger partial charge in [0.25, 0.3) is 0 Å². The number of aliphatic hydroxyl groups excluding tert-OH is 2. The first kappa shape index (κ1) is 20.4. The monoisotopic (exact) mass is 431 g/mol. The zero-order valence-corrected chi connectivity index (χ0v) is 16.2. The van der Waals surface area contributed by atoms with Gasteiger partial charge in [-0.25, -0.2) is 20.1 Å². The smallest absolute Gasteiger partial charge is 0.333 e. The minimum atomic E-state index is -4.22. The van der Waals surface area contributed by atoms with Crippen molar-refractivity contribution in [1.29, 1.82) is 0 Å². The summed E-state index contributed by atoms with van der Waals surface area (Å²) in [6.07, 6.45) is -2.33. The van der Waals surface area contributed by atoms with Gasteiger partial charge < -0.3 is 14.9 Å². The Hall–Kier alpha value is -2.92. The maximum absolute atomic E-state index is 11.0. The highest BCUT2D eigenvalue weighted by Crippen LogP contribution is 2.31. The van der Waals surface area contributed by atoms with E-state index in [1.54, 1.807) is 0 Å². The van der Waals surface area contributed by atoms with Crippen molar-refractivity contribution < 1.29 is 27.6 Å². The molecule has 0 bridgehead atoms. The van der Waals surface area contributed by atoms with Gasteiger partial charge in [-0.3, -0.25) is 8.75 Å². The summed E-state index contributed by atoms with van der Waals surface area (Å²) in [6, 6.07) is 9.34. The topological polar surface area (TPSA) is 163 Å². The van der Waals surface area contributed by atoms with Gasteiger partial charge in [-0.05, 0) is 18.1 Å². The minimum Gasteiger partial charge on any atom is -0.387 e. The molecule has 1 saturated heterocycles. The number of nitrogens with zero attached hydrogens (tertiary/aromatic N) is 4. The van der Waals surface area contributed by atoms with E-state index in [1.807, 2.05) is 30.3 Å². The van der Waals surface area contributed by atoms with E-state index in [4.69, 9.17) is 9.88 Å². The summed E-state index contributed by atoms with van der Waals surface area (Å²) in [4.78, 5) is 12.6. The Bertz CT molecular complexity index is 1220. The first-order valence-electron chi connectivity index (χ1n) is 8.77. The molecule has 1 aliphatic rings. The average molecular weight is 431 g/mol. The van der Waals surface area contributed by atoms with Gasteiger partial charge in [0.15, 0.2) is 11.9 Å². The normalized spacial score (nSPS) is 24.0. The molecule has 0 amide bonds. The molecule has 2 aromatic heterocycles. The number of rotatable bonds is 4. The molecule has 1 aromatic carbocycles. The Morgan fingerprint density at radius 2 is 1.90 bits per heavy atom. The Labute approximate surface area is 171 Å². The molecule has 3 aromatic rings. The van der Waals surface area contributed by atoms with Crippen molar-refractivity contribution in [3.05, 3.63) is 54.2 Å². The number of aromatic nitrogens is 4. The Balaban J connectivity index is 1.62. The van der Waals surface area contributed by atoms with Crippen LogP contribution in [0.3, 0.4) is 0 Å². The molecule has 4 rings (SSSR count). The molecule has 1 fully saturated rings. The van der Waals surface area contributed by atoms with Crippen molar-refractivity contribution in [3.8, 4) is 11.8 Å². The van der Waals surface area contributed by atoms with Gasteiger partial charge in [0, 0.05) is 5.56 Å². The number of hydrogen-bond acceptors (Lipinski definition) is 9. The van der Waals surface area contributed by atoms with Crippen molar-refractivity contribution >= 4 is 21.5 Å². The number of aliphatic hydroxyl groups is 2. The summed E-state index contributed by atoms with van der Waals surface area (Å²) in [5.74, 6) is 5.93. The van der Waals surface area contributed by atoms with E-state index in [-0.39, 0.29) is 0 Å². The van der Waals surface area contributed by atoms with Crippen LogP contribution in [0.25, 0.3) is 11.2 Å². The third-order valence-electron chi connectivity index (χ3n) is 4.47. The Morgan fingerprint density at radius 3 is 2.63 bits per heavy atom. The highest BCUT2D eigenvalue weighted by Gasteiger charge is 2.44. The largest absolute Gasteiger partial charge is 0.387 e. The molecule has 30 heavy (non-hydrogen) atoms. The lowest BCUT2D eigenvalue weighted by Gasteiger charge is -2.16. The zero-order chi connectivity index (χ0) is 21.3. The van der Waals surface area contributed by atoms with E-state index in [2.05, 4.69) is 31.0 Å². The van der Waals surface area contributed by atoms with Crippen LogP contribution in [0, 0.1) is 11.8 Å². The van der Waals surface area contributed by atoms with Crippen LogP contribution in [0.15, 0.2) is 43.0 Å². The standard InChI is InChI=1S/C18H17N5O6S/c19-30(26,27)28-8-13-15(24)16(25)18(29-13)23-10-22-14-12(20-9-21-17(14)23)7-6-11-4-2-1-3-5-11/h1-5,9-10,13,15-16,18,24-25H,8H2,(H2,19,26,27)/t13-,15-,16?,18?/m1/s1. The van der Waals surface area contributed by atoms with Crippen LogP contribution in [0.2, 0.25) is 0 Å². The van der Waals surface area contributed by atoms with Gasteiger partial charge in [-0.1, -0.05) is 24.1 Å². The highest BCUT2D eigenvalue weighted by atomic mass is 32.2. The third-order valence-corrected chi connectivity index (χ3v) is 4.93. The van der Waals surface area contributed by atoms with Gasteiger partial charge in [0.1, 0.15) is 35.8 Å². The van der Waals surface area contributed by atoms with Gasteiger partial charge in [0.05, 0.1) is 12.9 Å². The minimum absolute atomic E-state index is 0.326. The van der Waals surface area contributed by atoms with E-state index in [0.717, 1.165) is 5.56 Å².